The predicted octanol–water partition coefficient (Wildman–Crippen LogP) is 17.7. The van der Waals surface area contributed by atoms with E-state index in [0.717, 1.165) is 72.2 Å². The van der Waals surface area contributed by atoms with Crippen LogP contribution >= 0.6 is 158 Å². The zero-order valence-electron chi connectivity index (χ0n) is 58.0. The normalized spacial score (nSPS) is 9.71. The van der Waals surface area contributed by atoms with E-state index in [-0.39, 0.29) is 49.0 Å². The number of phenolic OH excluding ortho intramolecular Hbond substituents is 4. The number of primary amides is 1. The van der Waals surface area contributed by atoms with Crippen molar-refractivity contribution in [3.8, 4) is 52.3 Å². The number of rotatable bonds is 10. The first-order valence-electron chi connectivity index (χ1n) is 31.3. The van der Waals surface area contributed by atoms with Crippen molar-refractivity contribution in [3.63, 3.8) is 0 Å². The Morgan fingerprint density at radius 3 is 1.39 bits per heavy atom. The number of nitrogens with zero attached hydrogens (tertiary/aromatic N) is 9. The number of carboxylic acid groups (broad SMARTS) is 1. The highest BCUT2D eigenvalue weighted by molar-refractivity contribution is 9.11. The third-order valence-electron chi connectivity index (χ3n) is 14.0. The van der Waals surface area contributed by atoms with Gasteiger partial charge in [-0.2, -0.15) is 30.7 Å². The number of nitrogens with one attached hydrogen (secondary N) is 1. The number of aromatic nitrogens is 6. The van der Waals surface area contributed by atoms with Gasteiger partial charge in [0, 0.05) is 32.2 Å². The van der Waals surface area contributed by atoms with Crippen LogP contribution < -0.4 is 21.3 Å². The molecule has 12 N–H and O–H groups in total. The molecule has 0 saturated heterocycles. The number of H-pyrrole nitrogens is 1. The summed E-state index contributed by atoms with van der Waals surface area (Å²) >= 11 is 45.4. The lowest BCUT2D eigenvalue weighted by atomic mass is 9.80. The summed E-state index contributed by atoms with van der Waals surface area (Å²) in [5.41, 5.74) is 17.1. The number of aromatic carboxylic acids is 1. The molecule has 22 nitrogen and oxygen atoms in total. The van der Waals surface area contributed by atoms with Gasteiger partial charge in [-0.25, -0.2) is 19.3 Å². The molecule has 10 aromatic carbocycles. The topological polar surface area (TPSA) is 381 Å². The SMILES string of the molecule is Cc1ccc(C#N)c(Br)c1.Cc1ccc(C(=O)O)c(Br)c1.Cc1ccc(C(N)=O)c(Br)c1.N#Cc1ccc(CBr)cc1Br.N#Cc1ccc(C[n+]2cnc[nH]2)cc1Br.OB(O)c1ccc(O)c(Cl)c1.OB(O)c1ccc(O)c(Cl)c1.Oc1ccc(Br)cc1Cl.[C-]#[N+]c1ccc(Cn2cncn2)cc1-c1ccc(O)c(Cl)c1. The van der Waals surface area contributed by atoms with Gasteiger partial charge in [0.2, 0.25) is 12.2 Å². The second kappa shape index (κ2) is 48.8. The van der Waals surface area contributed by atoms with Crippen molar-refractivity contribution in [2.75, 3.05) is 0 Å². The summed E-state index contributed by atoms with van der Waals surface area (Å²) in [6.07, 6.45) is 6.46. The van der Waals surface area contributed by atoms with E-state index in [1.807, 2.05) is 86.1 Å². The van der Waals surface area contributed by atoms with Crippen LogP contribution in [-0.4, -0.2) is 96.6 Å². The standard InChI is InChI=1S/C16H11ClN4O.C10H7BrN4.C8H5Br2N.C8H8BrNO.C8H6BrN.C8H7BrO2.2C6H6BClO3.C6H4BrClO/c1-18-15-4-2-11(8-21-10-19-9-20-21)6-13(15)12-3-5-16(22)14(17)7-12;11-10-3-8(1-2-9(10)4-12)5-15-7-13-6-14-15;9-4-6-1-2-7(5-11)8(10)3-6;1-5-2-3-6(8(10)11)7(9)4-5;1-6-2-3-7(5-10)8(9)4-6;1-5-2-3-6(8(10)11)7(9)4-5;2*8-5-3-4(7(10)11)1-2-6(5)9;7-4-1-2-6(9)5(8)3-4/h2-7,9-10,22H,8H2;1-3,6-7H,5H2;1-3H,4H2;2-4H,1H3,(H2,10,11);2-4H,1H3;2-4H,1H3,(H,10,11);2*1-3,9-11H;1-3,9H/p+1. The second-order valence-corrected chi connectivity index (χ2v) is 29.7. The Hall–Kier alpha value is -8.93. The third kappa shape index (κ3) is 33.1. The fourth-order valence-corrected chi connectivity index (χ4v) is 12.9. The predicted molar refractivity (Wildman–Crippen MR) is 456 cm³/mol. The Kier molecular flexibility index (Phi) is 41.5. The van der Waals surface area contributed by atoms with Gasteiger partial charge in [0.25, 0.3) is 0 Å². The molecule has 12 rings (SSSR count). The molecule has 12 aromatic rings. The summed E-state index contributed by atoms with van der Waals surface area (Å²) in [6.45, 7) is 14.4. The largest absolute Gasteiger partial charge is 0.506 e. The average molecular weight is 2030 g/mol. The number of amides is 1. The minimum atomic E-state index is -1.55. The molecule has 0 atom stereocenters. The Bertz CT molecular complexity index is 5200. The Balaban J connectivity index is 0.000000268. The van der Waals surface area contributed by atoms with Gasteiger partial charge < -0.3 is 51.4 Å². The van der Waals surface area contributed by atoms with Crippen LogP contribution in [0.3, 0.4) is 0 Å². The number of hydrogen-bond donors (Lipinski definition) is 11. The number of halogens is 11. The first kappa shape index (κ1) is 94.4. The minimum absolute atomic E-state index is 0.0218. The molecule has 35 heteroatoms. The van der Waals surface area contributed by atoms with Gasteiger partial charge in [-0.05, 0) is 276 Å². The van der Waals surface area contributed by atoms with Crippen LogP contribution in [-0.2, 0) is 18.4 Å². The van der Waals surface area contributed by atoms with Gasteiger partial charge in [0.05, 0.1) is 61.0 Å². The lowest BCUT2D eigenvalue weighted by molar-refractivity contribution is -0.743. The molecule has 568 valence electrons. The van der Waals surface area contributed by atoms with E-state index in [2.05, 4.69) is 155 Å². The number of carboxylic acids is 1. The zero-order chi connectivity index (χ0) is 82.6. The van der Waals surface area contributed by atoms with Gasteiger partial charge >= 0.3 is 26.5 Å². The number of benzene rings is 10. The highest BCUT2D eigenvalue weighted by atomic mass is 79.9. The van der Waals surface area contributed by atoms with E-state index >= 15 is 0 Å². The second-order valence-electron chi connectivity index (χ2n) is 22.4. The summed E-state index contributed by atoms with van der Waals surface area (Å²) in [7, 11) is -3.10. The van der Waals surface area contributed by atoms with E-state index in [0.29, 0.717) is 56.1 Å². The van der Waals surface area contributed by atoms with Crippen molar-refractivity contribution >= 4 is 201 Å². The fourth-order valence-electron chi connectivity index (χ4n) is 8.38. The lowest BCUT2D eigenvalue weighted by Crippen LogP contribution is -2.35. The minimum Gasteiger partial charge on any atom is -0.506 e. The fraction of sp³-hybridized carbons (Fsp3) is 0.0789. The van der Waals surface area contributed by atoms with Gasteiger partial charge in [-0.15, -0.1) is 0 Å². The summed E-state index contributed by atoms with van der Waals surface area (Å²) in [6, 6.07) is 57.2. The Labute approximate surface area is 718 Å². The van der Waals surface area contributed by atoms with Crippen molar-refractivity contribution in [2.45, 2.75) is 39.2 Å². The van der Waals surface area contributed by atoms with Crippen molar-refractivity contribution in [1.29, 1.82) is 15.8 Å². The van der Waals surface area contributed by atoms with E-state index in [9.17, 15) is 14.7 Å². The third-order valence-corrected chi connectivity index (χ3v) is 19.6. The number of carbonyl (C=O) groups excluding carboxylic acids is 1. The molecule has 0 aliphatic carbocycles. The Morgan fingerprint density at radius 1 is 0.550 bits per heavy atom. The van der Waals surface area contributed by atoms with E-state index in [1.54, 1.807) is 96.5 Å². The maximum atomic E-state index is 10.7. The highest BCUT2D eigenvalue weighted by Crippen LogP contribution is 2.36. The highest BCUT2D eigenvalue weighted by Gasteiger charge is 2.15. The maximum absolute atomic E-state index is 10.7. The summed E-state index contributed by atoms with van der Waals surface area (Å²) < 4.78 is 8.36. The van der Waals surface area contributed by atoms with Crippen LogP contribution in [0.1, 0.15) is 70.8 Å². The van der Waals surface area contributed by atoms with Crippen molar-refractivity contribution in [3.05, 3.63) is 327 Å². The van der Waals surface area contributed by atoms with Crippen LogP contribution in [0.5, 0.6) is 23.0 Å². The number of aromatic amines is 1. The summed E-state index contributed by atoms with van der Waals surface area (Å²) in [4.78, 5) is 32.6. The number of hydrogen-bond acceptors (Lipinski definition) is 16. The number of alkyl halides is 1. The molecule has 0 unspecified atom stereocenters. The molecule has 0 spiro atoms. The van der Waals surface area contributed by atoms with E-state index < -0.39 is 26.1 Å². The van der Waals surface area contributed by atoms with Gasteiger partial charge in [-0.1, -0.05) is 145 Å². The molecule has 0 radical (unpaired) electrons. The van der Waals surface area contributed by atoms with Crippen LogP contribution in [0.4, 0.5) is 5.69 Å². The lowest BCUT2D eigenvalue weighted by Gasteiger charge is -2.09. The average Bonchev–Trinajstić information content (AvgIpc) is 1.38. The van der Waals surface area contributed by atoms with E-state index in [1.165, 1.54) is 54.9 Å². The molecule has 0 fully saturated rings. The van der Waals surface area contributed by atoms with Crippen LogP contribution in [0.15, 0.2) is 234 Å². The molecule has 2 heterocycles. The number of phenols is 4. The molecule has 111 heavy (non-hydrogen) atoms. The molecule has 0 bridgehead atoms. The molecule has 1 amide bonds. The van der Waals surface area contributed by atoms with Gasteiger partial charge in [0.15, 0.2) is 5.69 Å². The quantitative estimate of drug-likeness (QED) is 0.0262. The molecule has 0 saturated carbocycles. The Morgan fingerprint density at radius 2 is 0.991 bits per heavy atom. The van der Waals surface area contributed by atoms with Gasteiger partial charge in [0.1, 0.15) is 60.4 Å². The monoisotopic (exact) mass is 2020 g/mol. The number of aromatic hydroxyl groups is 4. The van der Waals surface area contributed by atoms with Crippen LogP contribution in [0, 0.1) is 61.3 Å². The molecule has 0 aliphatic heterocycles. The van der Waals surface area contributed by atoms with Crippen LogP contribution in [0.2, 0.25) is 20.1 Å². The number of nitrogens with two attached hydrogens (primary N) is 1. The first-order chi connectivity index (χ1) is 52.6. The van der Waals surface area contributed by atoms with Crippen molar-refractivity contribution in [1.82, 2.24) is 24.8 Å². The molecule has 0 aliphatic rings. The smallest absolute Gasteiger partial charge is 0.488 e. The summed E-state index contributed by atoms with van der Waals surface area (Å²) in [5, 5.41) is 114. The molecular formula is C76H61B2Br7Cl4N11O11+. The summed E-state index contributed by atoms with van der Waals surface area (Å²) in [5.74, 6) is -1.32. The molecule has 2 aromatic heterocycles. The van der Waals surface area contributed by atoms with Crippen LogP contribution in [0.25, 0.3) is 16.0 Å². The number of nitriles is 3. The zero-order valence-corrected chi connectivity index (χ0v) is 72.1. The number of carbonyl (C=O) groups is 2. The maximum Gasteiger partial charge on any atom is 0.488 e. The van der Waals surface area contributed by atoms with Gasteiger partial charge in [-0.3, -0.25) is 4.79 Å². The van der Waals surface area contributed by atoms with E-state index in [4.69, 9.17) is 115 Å². The number of aryl methyl sites for hydroxylation is 3. The van der Waals surface area contributed by atoms with Crippen molar-refractivity contribution in [2.24, 2.45) is 5.73 Å². The molecular weight excluding hydrogens is 1970 g/mol. The first-order valence-corrected chi connectivity index (χ1v) is 38.7. The van der Waals surface area contributed by atoms with Crippen molar-refractivity contribution < 1.29 is 59.9 Å².